The number of hydrogen-bond acceptors (Lipinski definition) is 5. The zero-order valence-corrected chi connectivity index (χ0v) is 19.2. The Balaban J connectivity index is 1.66. The predicted molar refractivity (Wildman–Crippen MR) is 131 cm³/mol. The first-order valence-electron chi connectivity index (χ1n) is 9.88. The van der Waals surface area contributed by atoms with E-state index < -0.39 is 0 Å². The number of nitrogens with zero attached hydrogens (tertiary/aromatic N) is 2. The van der Waals surface area contributed by atoms with Crippen molar-refractivity contribution in [3.8, 4) is 11.5 Å². The lowest BCUT2D eigenvalue weighted by Crippen LogP contribution is -2.28. The van der Waals surface area contributed by atoms with Crippen LogP contribution in [0.5, 0.6) is 11.5 Å². The number of thioether (sulfide) groups is 1. The average Bonchev–Trinajstić information content (AvgIpc) is 3.10. The topological polar surface area (TPSA) is 51.1 Å². The van der Waals surface area contributed by atoms with Crippen LogP contribution in [0.2, 0.25) is 5.02 Å². The summed E-state index contributed by atoms with van der Waals surface area (Å²) in [6.45, 7) is 0.406. The van der Waals surface area contributed by atoms with Gasteiger partial charge in [0.1, 0.15) is 11.5 Å². The maximum absolute atomic E-state index is 13.3. The van der Waals surface area contributed by atoms with Crippen molar-refractivity contribution in [2.24, 2.45) is 4.99 Å². The molecule has 7 heteroatoms. The highest BCUT2D eigenvalue weighted by atomic mass is 35.5. The number of halogens is 1. The van der Waals surface area contributed by atoms with Gasteiger partial charge in [-0.05, 0) is 77.5 Å². The van der Waals surface area contributed by atoms with Crippen LogP contribution in [0, 0.1) is 0 Å². The third-order valence-corrected chi connectivity index (χ3v) is 6.11. The number of aliphatic imine (C=N–C) groups is 1. The van der Waals surface area contributed by atoms with E-state index in [-0.39, 0.29) is 5.91 Å². The Bertz CT molecular complexity index is 1160. The molecule has 32 heavy (non-hydrogen) atoms. The van der Waals surface area contributed by atoms with Gasteiger partial charge < -0.3 is 9.47 Å². The van der Waals surface area contributed by atoms with Crippen molar-refractivity contribution in [2.45, 2.75) is 6.54 Å². The van der Waals surface area contributed by atoms with Gasteiger partial charge in [0.15, 0.2) is 5.17 Å². The van der Waals surface area contributed by atoms with Crippen LogP contribution >= 0.6 is 23.4 Å². The first kappa shape index (κ1) is 22.0. The lowest BCUT2D eigenvalue weighted by Gasteiger charge is -2.16. The standard InChI is InChI=1S/C25H21ClN2O3S/c1-30-21-11-5-18(6-12-21)16-28-24(29)23(15-17-3-7-19(26)8-4-17)32-25(28)27-20-9-13-22(31-2)14-10-20/h3-15H,16H2,1-2H3/b23-15+,27-25?. The quantitative estimate of drug-likeness (QED) is 0.410. The van der Waals surface area contributed by atoms with Gasteiger partial charge >= 0.3 is 0 Å². The Morgan fingerprint density at radius 2 is 1.50 bits per heavy atom. The molecule has 5 nitrogen and oxygen atoms in total. The van der Waals surface area contributed by atoms with Gasteiger partial charge in [0.05, 0.1) is 31.4 Å². The van der Waals surface area contributed by atoms with E-state index >= 15 is 0 Å². The maximum Gasteiger partial charge on any atom is 0.267 e. The van der Waals surface area contributed by atoms with Gasteiger partial charge in [-0.3, -0.25) is 9.69 Å². The summed E-state index contributed by atoms with van der Waals surface area (Å²) < 4.78 is 10.5. The third-order valence-electron chi connectivity index (χ3n) is 4.85. The van der Waals surface area contributed by atoms with Crippen LogP contribution in [-0.2, 0) is 11.3 Å². The fourth-order valence-corrected chi connectivity index (χ4v) is 4.25. The van der Waals surface area contributed by atoms with E-state index in [9.17, 15) is 4.79 Å². The van der Waals surface area contributed by atoms with Crippen molar-refractivity contribution in [1.29, 1.82) is 0 Å². The first-order chi connectivity index (χ1) is 15.6. The van der Waals surface area contributed by atoms with Gasteiger partial charge in [0.25, 0.3) is 5.91 Å². The van der Waals surface area contributed by atoms with Crippen molar-refractivity contribution in [1.82, 2.24) is 4.90 Å². The summed E-state index contributed by atoms with van der Waals surface area (Å²) in [5, 5.41) is 1.27. The van der Waals surface area contributed by atoms with Crippen LogP contribution in [0.4, 0.5) is 5.69 Å². The van der Waals surface area contributed by atoms with Crippen LogP contribution in [-0.4, -0.2) is 30.2 Å². The summed E-state index contributed by atoms with van der Waals surface area (Å²) in [5.74, 6) is 1.43. The smallest absolute Gasteiger partial charge is 0.267 e. The van der Waals surface area contributed by atoms with E-state index in [1.54, 1.807) is 31.3 Å². The fourth-order valence-electron chi connectivity index (χ4n) is 3.12. The molecule has 0 radical (unpaired) electrons. The van der Waals surface area contributed by atoms with Crippen molar-refractivity contribution in [3.05, 3.63) is 93.9 Å². The van der Waals surface area contributed by atoms with Gasteiger partial charge in [-0.2, -0.15) is 0 Å². The normalized spacial score (nSPS) is 16.1. The number of carbonyl (C=O) groups is 1. The zero-order valence-electron chi connectivity index (χ0n) is 17.6. The number of rotatable bonds is 6. The van der Waals surface area contributed by atoms with Crippen LogP contribution in [0.3, 0.4) is 0 Å². The molecular weight excluding hydrogens is 444 g/mol. The highest BCUT2D eigenvalue weighted by Crippen LogP contribution is 2.35. The van der Waals surface area contributed by atoms with Crippen molar-refractivity contribution in [3.63, 3.8) is 0 Å². The molecule has 0 aromatic heterocycles. The molecule has 0 saturated carbocycles. The zero-order chi connectivity index (χ0) is 22.5. The number of carbonyl (C=O) groups excluding carboxylic acids is 1. The number of amides is 1. The van der Waals surface area contributed by atoms with Gasteiger partial charge in [-0.1, -0.05) is 35.9 Å². The van der Waals surface area contributed by atoms with Crippen LogP contribution in [0.25, 0.3) is 6.08 Å². The minimum absolute atomic E-state index is 0.0898. The second-order valence-corrected chi connectivity index (χ2v) is 8.44. The third kappa shape index (κ3) is 5.15. The molecule has 0 bridgehead atoms. The molecule has 1 amide bonds. The number of benzene rings is 3. The van der Waals surface area contributed by atoms with E-state index in [0.29, 0.717) is 21.6 Å². The Labute approximate surface area is 196 Å². The molecule has 3 aromatic carbocycles. The molecule has 1 heterocycles. The number of amidine groups is 1. The van der Waals surface area contributed by atoms with Crippen molar-refractivity contribution >= 4 is 46.2 Å². The highest BCUT2D eigenvalue weighted by Gasteiger charge is 2.33. The summed E-state index contributed by atoms with van der Waals surface area (Å²) in [6.07, 6.45) is 1.86. The summed E-state index contributed by atoms with van der Waals surface area (Å²) >= 11 is 7.35. The minimum atomic E-state index is -0.0898. The molecule has 0 N–H and O–H groups in total. The largest absolute Gasteiger partial charge is 0.497 e. The van der Waals surface area contributed by atoms with Crippen molar-refractivity contribution in [2.75, 3.05) is 14.2 Å². The maximum atomic E-state index is 13.3. The van der Waals surface area contributed by atoms with Crippen molar-refractivity contribution < 1.29 is 14.3 Å². The minimum Gasteiger partial charge on any atom is -0.497 e. The SMILES string of the molecule is COc1ccc(CN2C(=O)/C(=C\c3ccc(Cl)cc3)SC2=Nc2ccc(OC)cc2)cc1. The molecule has 0 unspecified atom stereocenters. The van der Waals surface area contributed by atoms with Gasteiger partial charge in [0, 0.05) is 5.02 Å². The Morgan fingerprint density at radius 1 is 0.906 bits per heavy atom. The first-order valence-corrected chi connectivity index (χ1v) is 11.1. The molecule has 162 valence electrons. The molecule has 0 atom stereocenters. The molecule has 1 saturated heterocycles. The summed E-state index contributed by atoms with van der Waals surface area (Å²) in [7, 11) is 3.25. The number of methoxy groups -OCH3 is 2. The van der Waals surface area contributed by atoms with E-state index in [4.69, 9.17) is 26.1 Å². The molecule has 0 aliphatic carbocycles. The van der Waals surface area contributed by atoms with Crippen LogP contribution < -0.4 is 9.47 Å². The molecule has 1 aliphatic heterocycles. The summed E-state index contributed by atoms with van der Waals surface area (Å²) in [5.41, 5.74) is 2.63. The van der Waals surface area contributed by atoms with Gasteiger partial charge in [0.2, 0.25) is 0 Å². The molecule has 4 rings (SSSR count). The second kappa shape index (κ2) is 9.94. The Hall–Kier alpha value is -3.22. The summed E-state index contributed by atoms with van der Waals surface area (Å²) in [6, 6.07) is 22.5. The van der Waals surface area contributed by atoms with E-state index in [1.807, 2.05) is 66.7 Å². The van der Waals surface area contributed by atoms with Crippen LogP contribution in [0.15, 0.2) is 82.7 Å². The van der Waals surface area contributed by atoms with Gasteiger partial charge in [-0.25, -0.2) is 4.99 Å². The lowest BCUT2D eigenvalue weighted by atomic mass is 10.2. The lowest BCUT2D eigenvalue weighted by molar-refractivity contribution is -0.122. The van der Waals surface area contributed by atoms with E-state index in [1.165, 1.54) is 11.8 Å². The van der Waals surface area contributed by atoms with E-state index in [0.717, 1.165) is 28.3 Å². The van der Waals surface area contributed by atoms with E-state index in [2.05, 4.69) is 0 Å². The second-order valence-electron chi connectivity index (χ2n) is 6.99. The summed E-state index contributed by atoms with van der Waals surface area (Å²) in [4.78, 5) is 20.3. The molecule has 3 aromatic rings. The molecule has 1 aliphatic rings. The molecule has 1 fully saturated rings. The predicted octanol–water partition coefficient (Wildman–Crippen LogP) is 6.16. The fraction of sp³-hybridized carbons (Fsp3) is 0.120. The van der Waals surface area contributed by atoms with Gasteiger partial charge in [-0.15, -0.1) is 0 Å². The molecule has 0 spiro atoms. The number of hydrogen-bond donors (Lipinski definition) is 0. The van der Waals surface area contributed by atoms with Crippen LogP contribution in [0.1, 0.15) is 11.1 Å². The highest BCUT2D eigenvalue weighted by molar-refractivity contribution is 8.18. The monoisotopic (exact) mass is 464 g/mol. The Morgan fingerprint density at radius 3 is 2.09 bits per heavy atom. The molecular formula is C25H21ClN2O3S. The number of ether oxygens (including phenoxy) is 2. The average molecular weight is 465 g/mol. The Kier molecular flexibility index (Phi) is 6.83.